The molecule has 0 unspecified atom stereocenters. The van der Waals surface area contributed by atoms with E-state index >= 15 is 0 Å². The highest BCUT2D eigenvalue weighted by molar-refractivity contribution is 7.89. The quantitative estimate of drug-likeness (QED) is 0.747. The summed E-state index contributed by atoms with van der Waals surface area (Å²) >= 11 is 0. The van der Waals surface area contributed by atoms with Crippen molar-refractivity contribution in [3.63, 3.8) is 0 Å². The third-order valence-corrected chi connectivity index (χ3v) is 4.87. The van der Waals surface area contributed by atoms with Crippen molar-refractivity contribution in [3.8, 4) is 0 Å². The molecule has 0 aliphatic rings. The number of halogens is 1. The van der Waals surface area contributed by atoms with Gasteiger partial charge in [0.1, 0.15) is 10.7 Å². The van der Waals surface area contributed by atoms with Crippen LogP contribution in [0.5, 0.6) is 0 Å². The maximum Gasteiger partial charge on any atom is 0.243 e. The van der Waals surface area contributed by atoms with Crippen molar-refractivity contribution >= 4 is 10.0 Å². The van der Waals surface area contributed by atoms with E-state index in [1.807, 2.05) is 30.3 Å². The van der Waals surface area contributed by atoms with E-state index < -0.39 is 15.8 Å². The van der Waals surface area contributed by atoms with Crippen LogP contribution in [0, 0.1) is 5.82 Å². The van der Waals surface area contributed by atoms with Gasteiger partial charge in [-0.1, -0.05) is 48.5 Å². The Morgan fingerprint density at radius 2 is 1.75 bits per heavy atom. The number of sulfonamides is 1. The van der Waals surface area contributed by atoms with Gasteiger partial charge in [-0.2, -0.15) is 5.10 Å². The maximum absolute atomic E-state index is 13.6. The highest BCUT2D eigenvalue weighted by Crippen LogP contribution is 2.11. The van der Waals surface area contributed by atoms with Gasteiger partial charge in [0.2, 0.25) is 10.0 Å². The van der Waals surface area contributed by atoms with Crippen molar-refractivity contribution < 1.29 is 12.8 Å². The first kappa shape index (κ1) is 16.4. The molecule has 24 heavy (non-hydrogen) atoms. The topological polar surface area (TPSA) is 64.0 Å². The zero-order chi connectivity index (χ0) is 17.0. The molecule has 124 valence electrons. The lowest BCUT2D eigenvalue weighted by Gasteiger charge is -2.05. The third-order valence-electron chi connectivity index (χ3n) is 3.52. The van der Waals surface area contributed by atoms with E-state index in [2.05, 4.69) is 9.82 Å². The second kappa shape index (κ2) is 6.94. The predicted octanol–water partition coefficient (Wildman–Crippen LogP) is 2.55. The molecule has 0 aliphatic heterocycles. The molecule has 0 fully saturated rings. The molecule has 0 saturated heterocycles. The van der Waals surface area contributed by atoms with Gasteiger partial charge in [-0.05, 0) is 11.6 Å². The normalized spacial score (nSPS) is 11.5. The minimum absolute atomic E-state index is 0.0507. The van der Waals surface area contributed by atoms with Crippen LogP contribution in [-0.4, -0.2) is 18.2 Å². The minimum atomic E-state index is -3.75. The molecule has 0 bridgehead atoms. The van der Waals surface area contributed by atoms with Crippen LogP contribution in [0.4, 0.5) is 4.39 Å². The van der Waals surface area contributed by atoms with Crippen molar-refractivity contribution in [2.45, 2.75) is 18.0 Å². The predicted molar refractivity (Wildman–Crippen MR) is 88.2 cm³/mol. The lowest BCUT2D eigenvalue weighted by molar-refractivity contribution is 0.574. The molecule has 3 rings (SSSR count). The van der Waals surface area contributed by atoms with Crippen molar-refractivity contribution in [2.75, 3.05) is 0 Å². The second-order valence-corrected chi connectivity index (χ2v) is 7.04. The third kappa shape index (κ3) is 3.87. The van der Waals surface area contributed by atoms with Crippen LogP contribution in [0.1, 0.15) is 11.1 Å². The molecule has 2 aromatic carbocycles. The summed E-state index contributed by atoms with van der Waals surface area (Å²) in [5.41, 5.74) is 1.31. The molecule has 3 aromatic rings. The van der Waals surface area contributed by atoms with Gasteiger partial charge in [0.05, 0.1) is 12.7 Å². The fraction of sp³-hybridized carbons (Fsp3) is 0.118. The highest BCUT2D eigenvalue weighted by atomic mass is 32.2. The Morgan fingerprint density at radius 1 is 1.04 bits per heavy atom. The number of hydrogen-bond acceptors (Lipinski definition) is 3. The maximum atomic E-state index is 13.6. The van der Waals surface area contributed by atoms with E-state index in [-0.39, 0.29) is 17.0 Å². The van der Waals surface area contributed by atoms with Crippen LogP contribution >= 0.6 is 0 Å². The van der Waals surface area contributed by atoms with Crippen molar-refractivity contribution in [1.29, 1.82) is 0 Å². The molecule has 0 spiro atoms. The molecular weight excluding hydrogens is 329 g/mol. The van der Waals surface area contributed by atoms with Crippen molar-refractivity contribution in [2.24, 2.45) is 0 Å². The molecule has 0 amide bonds. The van der Waals surface area contributed by atoms with E-state index in [9.17, 15) is 12.8 Å². The summed E-state index contributed by atoms with van der Waals surface area (Å²) in [5, 5.41) is 4.07. The number of aromatic nitrogens is 2. The molecule has 0 saturated carbocycles. The summed E-state index contributed by atoms with van der Waals surface area (Å²) in [5.74, 6) is -0.444. The SMILES string of the molecule is O=S(=O)(NCc1ccccc1F)c1cnn(Cc2ccccc2)c1. The van der Waals surface area contributed by atoms with Gasteiger partial charge in [0.25, 0.3) is 0 Å². The van der Waals surface area contributed by atoms with Gasteiger partial charge in [-0.15, -0.1) is 0 Å². The van der Waals surface area contributed by atoms with E-state index in [4.69, 9.17) is 0 Å². The Hall–Kier alpha value is -2.51. The zero-order valence-electron chi connectivity index (χ0n) is 12.8. The van der Waals surface area contributed by atoms with Gasteiger partial charge >= 0.3 is 0 Å². The molecular formula is C17H16FN3O2S. The van der Waals surface area contributed by atoms with Crippen LogP contribution in [-0.2, 0) is 23.1 Å². The average Bonchev–Trinajstić information content (AvgIpc) is 3.04. The lowest BCUT2D eigenvalue weighted by atomic mass is 10.2. The number of benzene rings is 2. The molecule has 0 radical (unpaired) electrons. The summed E-state index contributed by atoms with van der Waals surface area (Å²) < 4.78 is 42.1. The van der Waals surface area contributed by atoms with Gasteiger partial charge in [0.15, 0.2) is 0 Å². The smallest absolute Gasteiger partial charge is 0.243 e. The van der Waals surface area contributed by atoms with Gasteiger partial charge in [-0.3, -0.25) is 4.68 Å². The molecule has 5 nitrogen and oxygen atoms in total. The Balaban J connectivity index is 1.70. The van der Waals surface area contributed by atoms with Crippen LogP contribution < -0.4 is 4.72 Å². The van der Waals surface area contributed by atoms with Crippen LogP contribution in [0.15, 0.2) is 71.9 Å². The second-order valence-electron chi connectivity index (χ2n) is 5.28. The number of hydrogen-bond donors (Lipinski definition) is 1. The fourth-order valence-electron chi connectivity index (χ4n) is 2.24. The van der Waals surface area contributed by atoms with Gasteiger partial charge in [0, 0.05) is 18.3 Å². The molecule has 0 atom stereocenters. The Kier molecular flexibility index (Phi) is 4.73. The zero-order valence-corrected chi connectivity index (χ0v) is 13.6. The number of rotatable bonds is 6. The van der Waals surface area contributed by atoms with Crippen LogP contribution in [0.3, 0.4) is 0 Å². The van der Waals surface area contributed by atoms with Gasteiger partial charge < -0.3 is 0 Å². The average molecular weight is 345 g/mol. The van der Waals surface area contributed by atoms with E-state index in [1.165, 1.54) is 24.5 Å². The van der Waals surface area contributed by atoms with Crippen molar-refractivity contribution in [1.82, 2.24) is 14.5 Å². The van der Waals surface area contributed by atoms with E-state index in [0.29, 0.717) is 6.54 Å². The molecule has 7 heteroatoms. The first-order valence-corrected chi connectivity index (χ1v) is 8.82. The summed E-state index contributed by atoms with van der Waals surface area (Å²) in [6.45, 7) is 0.364. The molecule has 1 aromatic heterocycles. The van der Waals surface area contributed by atoms with Crippen molar-refractivity contribution in [3.05, 3.63) is 83.9 Å². The standard InChI is InChI=1S/C17H16FN3O2S/c18-17-9-5-4-8-15(17)10-20-24(22,23)16-11-19-21(13-16)12-14-6-2-1-3-7-14/h1-9,11,13,20H,10,12H2. The molecule has 0 aliphatic carbocycles. The number of nitrogens with zero attached hydrogens (tertiary/aromatic N) is 2. The first-order chi connectivity index (χ1) is 11.5. The summed E-state index contributed by atoms with van der Waals surface area (Å²) in [7, 11) is -3.75. The summed E-state index contributed by atoms with van der Waals surface area (Å²) in [4.78, 5) is 0.0507. The molecule has 1 N–H and O–H groups in total. The first-order valence-electron chi connectivity index (χ1n) is 7.34. The minimum Gasteiger partial charge on any atom is -0.267 e. The Bertz CT molecular complexity index is 924. The fourth-order valence-corrected chi connectivity index (χ4v) is 3.20. The summed E-state index contributed by atoms with van der Waals surface area (Å²) in [6.07, 6.45) is 2.74. The lowest BCUT2D eigenvalue weighted by Crippen LogP contribution is -2.23. The summed E-state index contributed by atoms with van der Waals surface area (Å²) in [6, 6.07) is 15.6. The highest BCUT2D eigenvalue weighted by Gasteiger charge is 2.17. The Morgan fingerprint density at radius 3 is 2.50 bits per heavy atom. The van der Waals surface area contributed by atoms with E-state index in [0.717, 1.165) is 5.56 Å². The number of nitrogens with one attached hydrogen (secondary N) is 1. The Labute approximate surface area is 139 Å². The monoisotopic (exact) mass is 345 g/mol. The van der Waals surface area contributed by atoms with E-state index in [1.54, 1.807) is 16.8 Å². The van der Waals surface area contributed by atoms with Gasteiger partial charge in [-0.25, -0.2) is 17.5 Å². The van der Waals surface area contributed by atoms with Crippen LogP contribution in [0.2, 0.25) is 0 Å². The largest absolute Gasteiger partial charge is 0.267 e. The molecule has 1 heterocycles. The van der Waals surface area contributed by atoms with Crippen LogP contribution in [0.25, 0.3) is 0 Å².